The van der Waals surface area contributed by atoms with E-state index in [2.05, 4.69) is 17.4 Å². The van der Waals surface area contributed by atoms with E-state index in [9.17, 15) is 4.79 Å². The molecule has 0 rings (SSSR count). The van der Waals surface area contributed by atoms with Crippen molar-refractivity contribution in [1.29, 1.82) is 0 Å². The van der Waals surface area contributed by atoms with Crippen LogP contribution in [0.5, 0.6) is 0 Å². The molecule has 52 valence electrons. The van der Waals surface area contributed by atoms with E-state index in [4.69, 9.17) is 0 Å². The van der Waals surface area contributed by atoms with Crippen molar-refractivity contribution < 1.29 is 9.53 Å². The SMILES string of the molecule is CC=CCOC(=O)CS. The van der Waals surface area contributed by atoms with Crippen molar-refractivity contribution in [2.75, 3.05) is 12.4 Å². The van der Waals surface area contributed by atoms with E-state index in [0.29, 0.717) is 6.61 Å². The number of hydrogen-bond donors (Lipinski definition) is 1. The van der Waals surface area contributed by atoms with Crippen LogP contribution in [0.1, 0.15) is 6.92 Å². The highest BCUT2D eigenvalue weighted by Crippen LogP contribution is 1.82. The summed E-state index contributed by atoms with van der Waals surface area (Å²) >= 11 is 3.72. The van der Waals surface area contributed by atoms with Gasteiger partial charge < -0.3 is 4.74 Å². The fraction of sp³-hybridized carbons (Fsp3) is 0.500. The minimum absolute atomic E-state index is 0.150. The van der Waals surface area contributed by atoms with Gasteiger partial charge in [0.2, 0.25) is 0 Å². The van der Waals surface area contributed by atoms with Gasteiger partial charge in [0.25, 0.3) is 0 Å². The molecule has 0 fully saturated rings. The van der Waals surface area contributed by atoms with Gasteiger partial charge in [-0.25, -0.2) is 0 Å². The molecule has 2 nitrogen and oxygen atoms in total. The van der Waals surface area contributed by atoms with Crippen molar-refractivity contribution in [3.05, 3.63) is 12.2 Å². The number of allylic oxidation sites excluding steroid dienone is 1. The first-order chi connectivity index (χ1) is 4.31. The topological polar surface area (TPSA) is 26.3 Å². The zero-order valence-corrected chi connectivity index (χ0v) is 6.23. The van der Waals surface area contributed by atoms with Gasteiger partial charge in [-0.2, -0.15) is 12.6 Å². The minimum Gasteiger partial charge on any atom is -0.461 e. The summed E-state index contributed by atoms with van der Waals surface area (Å²) in [4.78, 5) is 10.4. The third kappa shape index (κ3) is 5.43. The van der Waals surface area contributed by atoms with Crippen LogP contribution in [-0.4, -0.2) is 18.3 Å². The lowest BCUT2D eigenvalue weighted by atomic mass is 10.5. The Hall–Kier alpha value is -0.440. The van der Waals surface area contributed by atoms with Crippen LogP contribution >= 0.6 is 12.6 Å². The van der Waals surface area contributed by atoms with Crippen LogP contribution in [0, 0.1) is 0 Å². The Morgan fingerprint density at radius 1 is 1.78 bits per heavy atom. The summed E-state index contributed by atoms with van der Waals surface area (Å²) in [5.41, 5.74) is 0. The number of ether oxygens (including phenoxy) is 1. The maximum Gasteiger partial charge on any atom is 0.315 e. The average Bonchev–Trinajstić information content (AvgIpc) is 1.89. The molecule has 0 radical (unpaired) electrons. The molecule has 0 aromatic carbocycles. The van der Waals surface area contributed by atoms with Crippen molar-refractivity contribution in [3.8, 4) is 0 Å². The molecule has 0 aliphatic rings. The quantitative estimate of drug-likeness (QED) is 0.366. The average molecular weight is 146 g/mol. The van der Waals surface area contributed by atoms with Crippen LogP contribution in [0.2, 0.25) is 0 Å². The van der Waals surface area contributed by atoms with Gasteiger partial charge in [0, 0.05) is 0 Å². The molecule has 0 heterocycles. The number of rotatable bonds is 3. The van der Waals surface area contributed by atoms with Gasteiger partial charge >= 0.3 is 5.97 Å². The Morgan fingerprint density at radius 2 is 2.44 bits per heavy atom. The maximum atomic E-state index is 10.4. The normalized spacial score (nSPS) is 10.0. The van der Waals surface area contributed by atoms with Gasteiger partial charge in [0.1, 0.15) is 6.61 Å². The summed E-state index contributed by atoms with van der Waals surface area (Å²) in [6.07, 6.45) is 3.59. The van der Waals surface area contributed by atoms with Crippen molar-refractivity contribution in [2.45, 2.75) is 6.92 Å². The molecule has 3 heteroatoms. The first kappa shape index (κ1) is 8.56. The molecule has 0 aromatic rings. The van der Waals surface area contributed by atoms with Crippen LogP contribution in [0.4, 0.5) is 0 Å². The summed E-state index contributed by atoms with van der Waals surface area (Å²) < 4.78 is 4.63. The fourth-order valence-electron chi connectivity index (χ4n) is 0.283. The second-order valence-electron chi connectivity index (χ2n) is 1.41. The van der Waals surface area contributed by atoms with E-state index < -0.39 is 0 Å². The van der Waals surface area contributed by atoms with E-state index in [1.165, 1.54) is 0 Å². The van der Waals surface area contributed by atoms with Crippen LogP contribution < -0.4 is 0 Å². The summed E-state index contributed by atoms with van der Waals surface area (Å²) in [7, 11) is 0. The highest BCUT2D eigenvalue weighted by atomic mass is 32.1. The molecular weight excluding hydrogens is 136 g/mol. The van der Waals surface area contributed by atoms with Crippen molar-refractivity contribution >= 4 is 18.6 Å². The van der Waals surface area contributed by atoms with Gasteiger partial charge in [-0.15, -0.1) is 0 Å². The second-order valence-corrected chi connectivity index (χ2v) is 1.73. The fourth-order valence-corrected chi connectivity index (χ4v) is 0.374. The third-order valence-electron chi connectivity index (χ3n) is 0.705. The lowest BCUT2D eigenvalue weighted by Crippen LogP contribution is -2.04. The van der Waals surface area contributed by atoms with Crippen LogP contribution in [-0.2, 0) is 9.53 Å². The zero-order valence-electron chi connectivity index (χ0n) is 5.33. The van der Waals surface area contributed by atoms with Gasteiger partial charge in [-0.1, -0.05) is 12.2 Å². The van der Waals surface area contributed by atoms with Gasteiger partial charge in [-0.3, -0.25) is 4.79 Å². The number of thiol groups is 1. The summed E-state index contributed by atoms with van der Waals surface area (Å²) in [6, 6.07) is 0. The van der Waals surface area contributed by atoms with Crippen molar-refractivity contribution in [2.24, 2.45) is 0 Å². The van der Waals surface area contributed by atoms with E-state index in [-0.39, 0.29) is 11.7 Å². The van der Waals surface area contributed by atoms with Crippen LogP contribution in [0.25, 0.3) is 0 Å². The molecule has 0 N–H and O–H groups in total. The lowest BCUT2D eigenvalue weighted by molar-refractivity contribution is -0.139. The molecule has 0 bridgehead atoms. The highest BCUT2D eigenvalue weighted by molar-refractivity contribution is 7.81. The molecule has 0 aliphatic heterocycles. The van der Waals surface area contributed by atoms with E-state index in [0.717, 1.165) is 0 Å². The minimum atomic E-state index is -0.281. The Kier molecular flexibility index (Phi) is 5.41. The predicted octanol–water partition coefficient (Wildman–Crippen LogP) is 1.04. The molecule has 0 atom stereocenters. The van der Waals surface area contributed by atoms with Gasteiger partial charge in [0.05, 0.1) is 5.75 Å². The Morgan fingerprint density at radius 3 is 2.89 bits per heavy atom. The summed E-state index contributed by atoms with van der Waals surface area (Å²) in [5.74, 6) is -0.131. The largest absolute Gasteiger partial charge is 0.461 e. The predicted molar refractivity (Wildman–Crippen MR) is 39.6 cm³/mol. The van der Waals surface area contributed by atoms with E-state index >= 15 is 0 Å². The van der Waals surface area contributed by atoms with Crippen molar-refractivity contribution in [3.63, 3.8) is 0 Å². The standard InChI is InChI=1S/C6H10O2S/c1-2-3-4-8-6(7)5-9/h2-3,9H,4-5H2,1H3. The summed E-state index contributed by atoms with van der Waals surface area (Å²) in [5, 5.41) is 0. The molecule has 0 aromatic heterocycles. The van der Waals surface area contributed by atoms with Gasteiger partial charge in [0.15, 0.2) is 0 Å². The molecule has 0 unspecified atom stereocenters. The first-order valence-corrected chi connectivity index (χ1v) is 3.32. The Bertz CT molecular complexity index is 110. The third-order valence-corrected chi connectivity index (χ3v) is 0.964. The van der Waals surface area contributed by atoms with Crippen LogP contribution in [0.3, 0.4) is 0 Å². The molecule has 0 amide bonds. The molecule has 0 spiro atoms. The van der Waals surface area contributed by atoms with Crippen molar-refractivity contribution in [1.82, 2.24) is 0 Å². The Labute approximate surface area is 60.3 Å². The molecule has 9 heavy (non-hydrogen) atoms. The zero-order chi connectivity index (χ0) is 7.11. The Balaban J connectivity index is 3.17. The molecule has 0 aliphatic carbocycles. The molecule has 0 saturated heterocycles. The van der Waals surface area contributed by atoms with Crippen LogP contribution in [0.15, 0.2) is 12.2 Å². The summed E-state index contributed by atoms with van der Waals surface area (Å²) in [6.45, 7) is 2.23. The number of carbonyl (C=O) groups excluding carboxylic acids is 1. The van der Waals surface area contributed by atoms with E-state index in [1.54, 1.807) is 6.08 Å². The first-order valence-electron chi connectivity index (χ1n) is 2.69. The van der Waals surface area contributed by atoms with E-state index in [1.807, 2.05) is 13.0 Å². The highest BCUT2D eigenvalue weighted by Gasteiger charge is 1.93. The smallest absolute Gasteiger partial charge is 0.315 e. The lowest BCUT2D eigenvalue weighted by Gasteiger charge is -1.95. The molecule has 0 saturated carbocycles. The number of hydrogen-bond acceptors (Lipinski definition) is 3. The monoisotopic (exact) mass is 146 g/mol. The molecular formula is C6H10O2S. The number of esters is 1. The maximum absolute atomic E-state index is 10.4. The number of carbonyl (C=O) groups is 1. The van der Waals surface area contributed by atoms with Gasteiger partial charge in [-0.05, 0) is 6.92 Å². The second kappa shape index (κ2) is 5.69.